The third kappa shape index (κ3) is 3.95. The lowest BCUT2D eigenvalue weighted by Crippen LogP contribution is -2.34. The monoisotopic (exact) mass is 383 g/mol. The first-order valence-electron chi connectivity index (χ1n) is 8.96. The topological polar surface area (TPSA) is 81.0 Å². The summed E-state index contributed by atoms with van der Waals surface area (Å²) in [6.07, 6.45) is 2.03. The van der Waals surface area contributed by atoms with Crippen LogP contribution >= 0.6 is 11.3 Å². The molecule has 27 heavy (non-hydrogen) atoms. The molecule has 0 unspecified atom stereocenters. The van der Waals surface area contributed by atoms with Crippen molar-refractivity contribution in [2.45, 2.75) is 32.4 Å². The molecule has 0 bridgehead atoms. The molecule has 2 amide bonds. The lowest BCUT2D eigenvalue weighted by Gasteiger charge is -2.07. The van der Waals surface area contributed by atoms with Gasteiger partial charge in [-0.05, 0) is 48.9 Å². The highest BCUT2D eigenvalue weighted by Crippen LogP contribution is 2.37. The summed E-state index contributed by atoms with van der Waals surface area (Å²) in [6, 6.07) is 11.5. The zero-order chi connectivity index (χ0) is 18.8. The number of aromatic nitrogens is 3. The predicted octanol–water partition coefficient (Wildman–Crippen LogP) is 3.24. The van der Waals surface area contributed by atoms with Crippen molar-refractivity contribution in [3.05, 3.63) is 57.8 Å². The van der Waals surface area contributed by atoms with Crippen molar-refractivity contribution < 1.29 is 4.79 Å². The molecule has 2 heterocycles. The summed E-state index contributed by atoms with van der Waals surface area (Å²) >= 11 is 1.57. The van der Waals surface area contributed by atoms with Gasteiger partial charge in [0.25, 0.3) is 0 Å². The Labute approximate surface area is 160 Å². The van der Waals surface area contributed by atoms with Crippen molar-refractivity contribution in [1.29, 1.82) is 0 Å². The van der Waals surface area contributed by atoms with E-state index in [2.05, 4.69) is 15.7 Å². The summed E-state index contributed by atoms with van der Waals surface area (Å²) in [5.41, 5.74) is 1.70. The van der Waals surface area contributed by atoms with Gasteiger partial charge in [0.15, 0.2) is 5.82 Å². The molecule has 8 heteroatoms. The van der Waals surface area contributed by atoms with Gasteiger partial charge in [-0.25, -0.2) is 14.3 Å². The summed E-state index contributed by atoms with van der Waals surface area (Å²) in [7, 11) is 0. The number of carbonyl (C=O) groups is 1. The highest BCUT2D eigenvalue weighted by Gasteiger charge is 2.30. The molecule has 7 nitrogen and oxygen atoms in total. The molecule has 0 atom stereocenters. The highest BCUT2D eigenvalue weighted by atomic mass is 32.1. The van der Waals surface area contributed by atoms with E-state index in [1.807, 2.05) is 48.7 Å². The number of amides is 2. The van der Waals surface area contributed by atoms with Gasteiger partial charge in [0.1, 0.15) is 0 Å². The van der Waals surface area contributed by atoms with Gasteiger partial charge in [-0.1, -0.05) is 18.2 Å². The van der Waals surface area contributed by atoms with Crippen LogP contribution in [0.3, 0.4) is 0 Å². The SMILES string of the molecule is Cc1cccc(NC(=O)NCCn2nc(-c3cccs3)n(C3CC3)c2=O)c1. The van der Waals surface area contributed by atoms with Crippen molar-refractivity contribution >= 4 is 23.1 Å². The van der Waals surface area contributed by atoms with Crippen LogP contribution in [0.2, 0.25) is 0 Å². The lowest BCUT2D eigenvalue weighted by atomic mass is 10.2. The average molecular weight is 383 g/mol. The number of rotatable bonds is 6. The number of nitrogens with one attached hydrogen (secondary N) is 2. The van der Waals surface area contributed by atoms with Gasteiger partial charge in [-0.3, -0.25) is 4.57 Å². The molecule has 1 saturated carbocycles. The fraction of sp³-hybridized carbons (Fsp3) is 0.316. The van der Waals surface area contributed by atoms with Gasteiger partial charge in [-0.15, -0.1) is 16.4 Å². The third-order valence-corrected chi connectivity index (χ3v) is 5.28. The zero-order valence-corrected chi connectivity index (χ0v) is 15.8. The number of hydrogen-bond donors (Lipinski definition) is 2. The van der Waals surface area contributed by atoms with Gasteiger partial charge in [-0.2, -0.15) is 0 Å². The molecule has 0 radical (unpaired) electrons. The Morgan fingerprint density at radius 1 is 1.30 bits per heavy atom. The number of nitrogens with zero attached hydrogens (tertiary/aromatic N) is 3. The van der Waals surface area contributed by atoms with Crippen molar-refractivity contribution in [2.75, 3.05) is 11.9 Å². The highest BCUT2D eigenvalue weighted by molar-refractivity contribution is 7.13. The number of hydrogen-bond acceptors (Lipinski definition) is 4. The minimum atomic E-state index is -0.297. The molecule has 140 valence electrons. The quantitative estimate of drug-likeness (QED) is 0.686. The molecule has 1 aliphatic carbocycles. The molecule has 1 aliphatic rings. The Morgan fingerprint density at radius 3 is 2.85 bits per heavy atom. The van der Waals surface area contributed by atoms with Crippen molar-refractivity contribution in [1.82, 2.24) is 19.7 Å². The second-order valence-electron chi connectivity index (χ2n) is 6.66. The molecular weight excluding hydrogens is 362 g/mol. The minimum absolute atomic E-state index is 0.109. The van der Waals surface area contributed by atoms with Gasteiger partial charge in [0, 0.05) is 18.3 Å². The van der Waals surface area contributed by atoms with Crippen LogP contribution in [-0.4, -0.2) is 26.9 Å². The summed E-state index contributed by atoms with van der Waals surface area (Å²) < 4.78 is 3.24. The van der Waals surface area contributed by atoms with E-state index in [-0.39, 0.29) is 17.8 Å². The molecular formula is C19H21N5O2S. The van der Waals surface area contributed by atoms with Crippen LogP contribution in [0.25, 0.3) is 10.7 Å². The van der Waals surface area contributed by atoms with E-state index in [9.17, 15) is 9.59 Å². The number of aryl methyl sites for hydroxylation is 1. The van der Waals surface area contributed by atoms with Crippen molar-refractivity contribution in [3.63, 3.8) is 0 Å². The van der Waals surface area contributed by atoms with Gasteiger partial charge >= 0.3 is 11.7 Å². The largest absolute Gasteiger partial charge is 0.346 e. The Morgan fingerprint density at radius 2 is 2.15 bits per heavy atom. The molecule has 3 aromatic rings. The number of thiophene rings is 1. The van der Waals surface area contributed by atoms with Crippen molar-refractivity contribution in [2.24, 2.45) is 0 Å². The van der Waals surface area contributed by atoms with Crippen LogP contribution in [0.5, 0.6) is 0 Å². The standard InChI is InChI=1S/C19H21N5O2S/c1-13-4-2-5-14(12-13)21-18(25)20-9-10-23-19(26)24(15-7-8-15)17(22-23)16-6-3-11-27-16/h2-6,11-12,15H,7-10H2,1H3,(H2,20,21,25). The van der Waals surface area contributed by atoms with Crippen LogP contribution < -0.4 is 16.3 Å². The van der Waals surface area contributed by atoms with E-state index in [4.69, 9.17) is 0 Å². The molecule has 0 saturated heterocycles. The van der Waals surface area contributed by atoms with E-state index < -0.39 is 0 Å². The first kappa shape index (κ1) is 17.5. The lowest BCUT2D eigenvalue weighted by molar-refractivity contribution is 0.251. The van der Waals surface area contributed by atoms with E-state index in [1.165, 1.54) is 4.68 Å². The molecule has 0 spiro atoms. The molecule has 4 rings (SSSR count). The van der Waals surface area contributed by atoms with Crippen LogP contribution in [-0.2, 0) is 6.54 Å². The van der Waals surface area contributed by atoms with Crippen LogP contribution in [0.15, 0.2) is 46.6 Å². The average Bonchev–Trinajstić information content (AvgIpc) is 3.21. The van der Waals surface area contributed by atoms with Crippen molar-refractivity contribution in [3.8, 4) is 10.7 Å². The number of carbonyl (C=O) groups excluding carboxylic acids is 1. The fourth-order valence-electron chi connectivity index (χ4n) is 2.97. The normalized spacial score (nSPS) is 13.5. The molecule has 2 N–H and O–H groups in total. The predicted molar refractivity (Wildman–Crippen MR) is 106 cm³/mol. The van der Waals surface area contributed by atoms with Crippen LogP contribution in [0, 0.1) is 6.92 Å². The first-order chi connectivity index (χ1) is 13.1. The van der Waals surface area contributed by atoms with E-state index >= 15 is 0 Å². The number of anilines is 1. The Kier molecular flexibility index (Phi) is 4.81. The Balaban J connectivity index is 1.41. The fourth-order valence-corrected chi connectivity index (χ4v) is 3.68. The maximum atomic E-state index is 12.7. The molecule has 1 aromatic carbocycles. The van der Waals surface area contributed by atoms with Crippen LogP contribution in [0.1, 0.15) is 24.4 Å². The maximum absolute atomic E-state index is 12.7. The van der Waals surface area contributed by atoms with Crippen LogP contribution in [0.4, 0.5) is 10.5 Å². The van der Waals surface area contributed by atoms with E-state index in [0.29, 0.717) is 13.1 Å². The van der Waals surface area contributed by atoms with E-state index in [1.54, 1.807) is 15.9 Å². The third-order valence-electron chi connectivity index (χ3n) is 4.41. The maximum Gasteiger partial charge on any atom is 0.346 e. The van der Waals surface area contributed by atoms with E-state index in [0.717, 1.165) is 34.8 Å². The molecule has 0 aliphatic heterocycles. The Bertz CT molecular complexity index is 1000. The smallest absolute Gasteiger partial charge is 0.336 e. The van der Waals surface area contributed by atoms with Gasteiger partial charge in [0.05, 0.1) is 11.4 Å². The first-order valence-corrected chi connectivity index (χ1v) is 9.84. The number of benzene rings is 1. The summed E-state index contributed by atoms with van der Waals surface area (Å²) in [6.45, 7) is 2.62. The molecule has 2 aromatic heterocycles. The molecule has 1 fully saturated rings. The zero-order valence-electron chi connectivity index (χ0n) is 15.0. The summed E-state index contributed by atoms with van der Waals surface area (Å²) in [4.78, 5) is 25.7. The number of urea groups is 1. The summed E-state index contributed by atoms with van der Waals surface area (Å²) in [5, 5.41) is 12.1. The second-order valence-corrected chi connectivity index (χ2v) is 7.61. The Hall–Kier alpha value is -2.87. The minimum Gasteiger partial charge on any atom is -0.336 e. The van der Waals surface area contributed by atoms with Gasteiger partial charge in [0.2, 0.25) is 0 Å². The summed E-state index contributed by atoms with van der Waals surface area (Å²) in [5.74, 6) is 0.724. The second kappa shape index (κ2) is 7.40. The van der Waals surface area contributed by atoms with Gasteiger partial charge < -0.3 is 10.6 Å².